The van der Waals surface area contributed by atoms with Crippen LogP contribution in [-0.4, -0.2) is 47.1 Å². The number of aromatic nitrogens is 1. The van der Waals surface area contributed by atoms with Crippen molar-refractivity contribution in [3.05, 3.63) is 29.6 Å². The highest BCUT2D eigenvalue weighted by molar-refractivity contribution is 5.77. The van der Waals surface area contributed by atoms with Gasteiger partial charge in [-0.3, -0.25) is 9.78 Å². The number of nitrogens with one attached hydrogen (secondary N) is 1. The molecule has 1 aliphatic carbocycles. The van der Waals surface area contributed by atoms with Gasteiger partial charge in [0, 0.05) is 32.3 Å². The van der Waals surface area contributed by atoms with Crippen LogP contribution in [0.3, 0.4) is 0 Å². The molecule has 0 radical (unpaired) electrons. The van der Waals surface area contributed by atoms with E-state index in [2.05, 4.69) is 23.3 Å². The lowest BCUT2D eigenvalue weighted by atomic mass is 9.79. The Balaban J connectivity index is 1.65. The molecule has 24 heavy (non-hydrogen) atoms. The lowest BCUT2D eigenvalue weighted by Crippen LogP contribution is -2.40. The summed E-state index contributed by atoms with van der Waals surface area (Å²) in [4.78, 5) is 18.3. The fourth-order valence-electron chi connectivity index (χ4n) is 3.99. The van der Waals surface area contributed by atoms with Crippen molar-refractivity contribution in [3.8, 4) is 0 Å². The van der Waals surface area contributed by atoms with Crippen molar-refractivity contribution in [2.75, 3.05) is 20.1 Å². The first-order valence-corrected chi connectivity index (χ1v) is 9.18. The van der Waals surface area contributed by atoms with Crippen LogP contribution in [0.2, 0.25) is 0 Å². The van der Waals surface area contributed by atoms with Crippen LogP contribution in [0.25, 0.3) is 0 Å². The van der Waals surface area contributed by atoms with Gasteiger partial charge in [0.25, 0.3) is 0 Å². The van der Waals surface area contributed by atoms with Crippen LogP contribution in [0.4, 0.5) is 0 Å². The summed E-state index contributed by atoms with van der Waals surface area (Å²) in [6.45, 7) is 3.90. The van der Waals surface area contributed by atoms with Crippen LogP contribution < -0.4 is 5.32 Å². The Morgan fingerprint density at radius 3 is 2.67 bits per heavy atom. The summed E-state index contributed by atoms with van der Waals surface area (Å²) in [7, 11) is 1.86. The summed E-state index contributed by atoms with van der Waals surface area (Å²) in [6, 6.07) is 4.53. The van der Waals surface area contributed by atoms with Crippen LogP contribution in [0.15, 0.2) is 18.3 Å². The lowest BCUT2D eigenvalue weighted by Gasteiger charge is -2.36. The molecule has 5 heteroatoms. The van der Waals surface area contributed by atoms with E-state index in [1.165, 1.54) is 0 Å². The van der Waals surface area contributed by atoms with Gasteiger partial charge in [0.2, 0.25) is 5.91 Å². The second kappa shape index (κ2) is 7.19. The second-order valence-corrected chi connectivity index (χ2v) is 7.35. The minimum atomic E-state index is -0.799. The van der Waals surface area contributed by atoms with E-state index >= 15 is 0 Å². The summed E-state index contributed by atoms with van der Waals surface area (Å²) in [5, 5.41) is 14.4. The highest BCUT2D eigenvalue weighted by Crippen LogP contribution is 2.37. The van der Waals surface area contributed by atoms with Gasteiger partial charge in [-0.15, -0.1) is 0 Å². The summed E-state index contributed by atoms with van der Waals surface area (Å²) < 4.78 is 0. The Bertz CT molecular complexity index is 564. The molecule has 1 saturated heterocycles. The first-order chi connectivity index (χ1) is 11.5. The van der Waals surface area contributed by atoms with Gasteiger partial charge in [-0.05, 0) is 56.2 Å². The van der Waals surface area contributed by atoms with E-state index < -0.39 is 5.60 Å². The first kappa shape index (κ1) is 17.4. The van der Waals surface area contributed by atoms with Crippen LogP contribution >= 0.6 is 0 Å². The maximum Gasteiger partial charge on any atom is 0.222 e. The quantitative estimate of drug-likeness (QED) is 0.887. The molecule has 1 amide bonds. The third kappa shape index (κ3) is 3.62. The highest BCUT2D eigenvalue weighted by Gasteiger charge is 2.36. The van der Waals surface area contributed by atoms with E-state index in [0.717, 1.165) is 56.5 Å². The minimum Gasteiger partial charge on any atom is -0.384 e. The Kier molecular flexibility index (Phi) is 5.21. The summed E-state index contributed by atoms with van der Waals surface area (Å²) in [5.41, 5.74) is 1.10. The Labute approximate surface area is 144 Å². The molecule has 5 nitrogen and oxygen atoms in total. The number of carbonyl (C=O) groups is 1. The van der Waals surface area contributed by atoms with Gasteiger partial charge in [0.15, 0.2) is 0 Å². The van der Waals surface area contributed by atoms with Gasteiger partial charge >= 0.3 is 0 Å². The Morgan fingerprint density at radius 2 is 2.08 bits per heavy atom. The number of hydrogen-bond donors (Lipinski definition) is 2. The van der Waals surface area contributed by atoms with E-state index in [-0.39, 0.29) is 11.8 Å². The monoisotopic (exact) mass is 331 g/mol. The zero-order chi connectivity index (χ0) is 17.2. The van der Waals surface area contributed by atoms with Crippen molar-refractivity contribution < 1.29 is 9.90 Å². The highest BCUT2D eigenvalue weighted by atomic mass is 16.3. The molecule has 1 atom stereocenters. The van der Waals surface area contributed by atoms with E-state index in [1.54, 1.807) is 4.90 Å². The first-order valence-electron chi connectivity index (χ1n) is 9.18. The molecule has 0 aromatic carbocycles. The number of carbonyl (C=O) groups excluding carboxylic acids is 1. The number of likely N-dealkylation sites (tertiary alicyclic amines) is 1. The molecule has 2 N–H and O–H groups in total. The average Bonchev–Trinajstić information content (AvgIpc) is 2.60. The zero-order valence-electron chi connectivity index (χ0n) is 14.8. The molecule has 1 unspecified atom stereocenters. The third-order valence-electron chi connectivity index (χ3n) is 5.70. The predicted octanol–water partition coefficient (Wildman–Crippen LogP) is 2.16. The number of rotatable bonds is 4. The summed E-state index contributed by atoms with van der Waals surface area (Å²) in [6.07, 6.45) is 6.89. The molecule has 1 aliphatic heterocycles. The molecule has 2 heterocycles. The van der Waals surface area contributed by atoms with Crippen molar-refractivity contribution in [1.82, 2.24) is 15.2 Å². The number of piperidine rings is 1. The maximum absolute atomic E-state index is 11.9. The van der Waals surface area contributed by atoms with Crippen molar-refractivity contribution in [3.63, 3.8) is 0 Å². The fourth-order valence-corrected chi connectivity index (χ4v) is 3.99. The molecular weight excluding hydrogens is 302 g/mol. The molecule has 2 fully saturated rings. The molecule has 2 aliphatic rings. The Hall–Kier alpha value is -1.46. The van der Waals surface area contributed by atoms with E-state index in [1.807, 2.05) is 19.3 Å². The number of hydrogen-bond acceptors (Lipinski definition) is 4. The van der Waals surface area contributed by atoms with Gasteiger partial charge < -0.3 is 15.3 Å². The lowest BCUT2D eigenvalue weighted by molar-refractivity contribution is -0.132. The Morgan fingerprint density at radius 1 is 1.33 bits per heavy atom. The van der Waals surface area contributed by atoms with Gasteiger partial charge in [-0.25, -0.2) is 0 Å². The summed E-state index contributed by atoms with van der Waals surface area (Å²) >= 11 is 0. The number of aliphatic hydroxyl groups is 1. The number of nitrogens with zero attached hydrogens (tertiary/aromatic N) is 2. The van der Waals surface area contributed by atoms with E-state index in [0.29, 0.717) is 12.5 Å². The van der Waals surface area contributed by atoms with Gasteiger partial charge in [-0.2, -0.15) is 0 Å². The molecule has 1 aromatic rings. The van der Waals surface area contributed by atoms with Crippen molar-refractivity contribution >= 4 is 5.91 Å². The van der Waals surface area contributed by atoms with E-state index in [4.69, 9.17) is 0 Å². The summed E-state index contributed by atoms with van der Waals surface area (Å²) in [5.74, 6) is 0.463. The van der Waals surface area contributed by atoms with Gasteiger partial charge in [0.05, 0.1) is 5.69 Å². The van der Waals surface area contributed by atoms with Crippen LogP contribution in [0, 0.1) is 0 Å². The van der Waals surface area contributed by atoms with Crippen molar-refractivity contribution in [2.45, 2.75) is 63.0 Å². The maximum atomic E-state index is 11.9. The molecule has 1 saturated carbocycles. The molecular formula is C19H29N3O2. The molecule has 3 rings (SSSR count). The topological polar surface area (TPSA) is 65.5 Å². The van der Waals surface area contributed by atoms with E-state index in [9.17, 15) is 9.90 Å². The second-order valence-electron chi connectivity index (χ2n) is 7.35. The van der Waals surface area contributed by atoms with Gasteiger partial charge in [0.1, 0.15) is 5.60 Å². The average molecular weight is 331 g/mol. The van der Waals surface area contributed by atoms with Crippen molar-refractivity contribution in [1.29, 1.82) is 0 Å². The van der Waals surface area contributed by atoms with Crippen LogP contribution in [0.1, 0.15) is 62.6 Å². The van der Waals surface area contributed by atoms with Crippen LogP contribution in [-0.2, 0) is 10.4 Å². The SMILES string of the molecule is CCNC1CCC(O)(c2ccc(C3CCN(C)C(=O)C3)cn2)CC1. The largest absolute Gasteiger partial charge is 0.384 e. The number of amides is 1. The molecule has 0 spiro atoms. The molecule has 132 valence electrons. The van der Waals surface area contributed by atoms with Crippen molar-refractivity contribution in [2.24, 2.45) is 0 Å². The smallest absolute Gasteiger partial charge is 0.222 e. The fraction of sp³-hybridized carbons (Fsp3) is 0.684. The predicted molar refractivity (Wildman–Crippen MR) is 93.7 cm³/mol. The third-order valence-corrected chi connectivity index (χ3v) is 5.70. The molecule has 1 aromatic heterocycles. The zero-order valence-corrected chi connectivity index (χ0v) is 14.8. The minimum absolute atomic E-state index is 0.204. The molecule has 0 bridgehead atoms. The standard InChI is InChI=1S/C19H29N3O2/c1-3-20-16-6-9-19(24,10-7-16)17-5-4-15(13-21-17)14-8-11-22(2)18(23)12-14/h4-5,13-14,16,20,24H,3,6-12H2,1-2H3. The number of pyridine rings is 1. The van der Waals surface area contributed by atoms with Crippen LogP contribution in [0.5, 0.6) is 0 Å². The normalized spacial score (nSPS) is 31.3. The van der Waals surface area contributed by atoms with Gasteiger partial charge in [-0.1, -0.05) is 13.0 Å².